The fraction of sp³-hybridized carbons (Fsp3) is 0.533. The molecule has 0 aromatic heterocycles. The van der Waals surface area contributed by atoms with E-state index in [2.05, 4.69) is 0 Å². The predicted octanol–water partition coefficient (Wildman–Crippen LogP) is 2.60. The summed E-state index contributed by atoms with van der Waals surface area (Å²) in [6, 6.07) is 7.64. The predicted molar refractivity (Wildman–Crippen MR) is 72.9 cm³/mol. The fourth-order valence-corrected chi connectivity index (χ4v) is 2.43. The van der Waals surface area contributed by atoms with Gasteiger partial charge in [-0.2, -0.15) is 0 Å². The van der Waals surface area contributed by atoms with E-state index in [-0.39, 0.29) is 17.6 Å². The van der Waals surface area contributed by atoms with Gasteiger partial charge < -0.3 is 14.4 Å². The number of nitrogens with zero attached hydrogens (tertiary/aromatic N) is 1. The van der Waals surface area contributed by atoms with Crippen molar-refractivity contribution in [2.75, 3.05) is 20.8 Å². The smallest absolute Gasteiger partial charge is 0.230 e. The average molecular weight is 263 g/mol. The normalized spacial score (nSPS) is 19.6. The van der Waals surface area contributed by atoms with Gasteiger partial charge in [0, 0.05) is 24.6 Å². The van der Waals surface area contributed by atoms with Crippen LogP contribution in [0.4, 0.5) is 0 Å². The van der Waals surface area contributed by atoms with Crippen molar-refractivity contribution in [3.63, 3.8) is 0 Å². The molecule has 1 fully saturated rings. The van der Waals surface area contributed by atoms with E-state index in [1.807, 2.05) is 43.0 Å². The number of benzene rings is 1. The number of likely N-dealkylation sites (tertiary alicyclic amines) is 1. The molecular weight excluding hydrogens is 242 g/mol. The Morgan fingerprint density at radius 2 is 1.84 bits per heavy atom. The highest BCUT2D eigenvalue weighted by Gasteiger charge is 2.42. The monoisotopic (exact) mass is 263 g/mol. The van der Waals surface area contributed by atoms with Gasteiger partial charge in [0.15, 0.2) is 6.23 Å². The Balaban J connectivity index is 2.22. The topological polar surface area (TPSA) is 38.8 Å². The van der Waals surface area contributed by atoms with Crippen LogP contribution in [0.5, 0.6) is 5.75 Å². The molecule has 1 aliphatic heterocycles. The summed E-state index contributed by atoms with van der Waals surface area (Å²) in [7, 11) is 3.27. The van der Waals surface area contributed by atoms with Crippen LogP contribution in [-0.2, 0) is 9.53 Å². The van der Waals surface area contributed by atoms with E-state index in [9.17, 15) is 4.79 Å². The Morgan fingerprint density at radius 1 is 1.21 bits per heavy atom. The van der Waals surface area contributed by atoms with Crippen LogP contribution in [0, 0.1) is 5.41 Å². The van der Waals surface area contributed by atoms with E-state index < -0.39 is 0 Å². The first-order chi connectivity index (χ1) is 8.99. The van der Waals surface area contributed by atoms with Crippen LogP contribution in [-0.4, -0.2) is 31.6 Å². The molecule has 1 amide bonds. The highest BCUT2D eigenvalue weighted by atomic mass is 16.5. The number of carbonyl (C=O) groups is 1. The lowest BCUT2D eigenvalue weighted by Crippen LogP contribution is -2.35. The molecule has 1 saturated heterocycles. The maximum absolute atomic E-state index is 12.3. The summed E-state index contributed by atoms with van der Waals surface area (Å²) < 4.78 is 10.7. The van der Waals surface area contributed by atoms with Crippen molar-refractivity contribution < 1.29 is 14.3 Å². The molecule has 4 nitrogen and oxygen atoms in total. The molecule has 0 spiro atoms. The van der Waals surface area contributed by atoms with Gasteiger partial charge in [-0.3, -0.25) is 4.79 Å². The van der Waals surface area contributed by atoms with Gasteiger partial charge in [-0.05, 0) is 18.6 Å². The largest absolute Gasteiger partial charge is 0.497 e. The first-order valence-corrected chi connectivity index (χ1v) is 6.47. The molecule has 19 heavy (non-hydrogen) atoms. The number of amides is 1. The molecule has 2 rings (SSSR count). The lowest BCUT2D eigenvalue weighted by Gasteiger charge is -2.28. The average Bonchev–Trinajstić information content (AvgIpc) is 2.68. The molecule has 1 atom stereocenters. The standard InChI is InChI=1S/C15H21NO3/c1-15(2)9-10-16(14(15)17)13(19-4)11-5-7-12(18-3)8-6-11/h5-8,13H,9-10H2,1-4H3. The van der Waals surface area contributed by atoms with Crippen LogP contribution in [0.25, 0.3) is 0 Å². The fourth-order valence-electron chi connectivity index (χ4n) is 2.43. The van der Waals surface area contributed by atoms with E-state index in [0.717, 1.165) is 24.3 Å². The highest BCUT2D eigenvalue weighted by molar-refractivity contribution is 5.84. The van der Waals surface area contributed by atoms with Gasteiger partial charge in [-0.1, -0.05) is 26.0 Å². The molecular formula is C15H21NO3. The lowest BCUT2D eigenvalue weighted by atomic mass is 9.92. The van der Waals surface area contributed by atoms with Gasteiger partial charge in [0.05, 0.1) is 7.11 Å². The third-order valence-corrected chi connectivity index (χ3v) is 3.72. The van der Waals surface area contributed by atoms with Gasteiger partial charge in [-0.25, -0.2) is 0 Å². The summed E-state index contributed by atoms with van der Waals surface area (Å²) in [4.78, 5) is 14.2. The second-order valence-corrected chi connectivity index (χ2v) is 5.49. The molecule has 1 aliphatic rings. The SMILES string of the molecule is COc1ccc(C(OC)N2CCC(C)(C)C2=O)cc1. The van der Waals surface area contributed by atoms with Crippen molar-refractivity contribution >= 4 is 5.91 Å². The molecule has 1 aromatic rings. The molecule has 4 heteroatoms. The van der Waals surface area contributed by atoms with Crippen molar-refractivity contribution in [3.8, 4) is 5.75 Å². The second kappa shape index (κ2) is 5.21. The molecule has 1 unspecified atom stereocenters. The Kier molecular flexibility index (Phi) is 3.80. The van der Waals surface area contributed by atoms with Crippen LogP contribution >= 0.6 is 0 Å². The molecule has 0 N–H and O–H groups in total. The molecule has 104 valence electrons. The maximum Gasteiger partial charge on any atom is 0.230 e. The Hall–Kier alpha value is -1.55. The summed E-state index contributed by atoms with van der Waals surface area (Å²) in [6.45, 7) is 4.70. The zero-order valence-corrected chi connectivity index (χ0v) is 12.0. The first kappa shape index (κ1) is 13.9. The van der Waals surface area contributed by atoms with Crippen LogP contribution in [0.2, 0.25) is 0 Å². The number of carbonyl (C=O) groups excluding carboxylic acids is 1. The number of ether oxygens (including phenoxy) is 2. The van der Waals surface area contributed by atoms with Gasteiger partial charge in [0.1, 0.15) is 5.75 Å². The zero-order valence-electron chi connectivity index (χ0n) is 12.0. The number of rotatable bonds is 4. The first-order valence-electron chi connectivity index (χ1n) is 6.47. The lowest BCUT2D eigenvalue weighted by molar-refractivity contribution is -0.145. The van der Waals surface area contributed by atoms with Crippen LogP contribution in [0.1, 0.15) is 32.1 Å². The van der Waals surface area contributed by atoms with Crippen LogP contribution in [0.3, 0.4) is 0 Å². The summed E-state index contributed by atoms with van der Waals surface area (Å²) in [6.07, 6.45) is 0.544. The highest BCUT2D eigenvalue weighted by Crippen LogP contribution is 2.36. The number of methoxy groups -OCH3 is 2. The zero-order chi connectivity index (χ0) is 14.0. The molecule has 1 aromatic carbocycles. The van der Waals surface area contributed by atoms with E-state index >= 15 is 0 Å². The summed E-state index contributed by atoms with van der Waals surface area (Å²) in [5.41, 5.74) is 0.679. The van der Waals surface area contributed by atoms with Crippen molar-refractivity contribution in [1.29, 1.82) is 0 Å². The summed E-state index contributed by atoms with van der Waals surface area (Å²) in [5, 5.41) is 0. The molecule has 0 aliphatic carbocycles. The van der Waals surface area contributed by atoms with Crippen molar-refractivity contribution in [3.05, 3.63) is 29.8 Å². The minimum atomic E-state index is -0.319. The quantitative estimate of drug-likeness (QED) is 0.838. The third-order valence-electron chi connectivity index (χ3n) is 3.72. The Bertz CT molecular complexity index is 453. The Labute approximate surface area is 114 Å². The maximum atomic E-state index is 12.3. The Morgan fingerprint density at radius 3 is 2.26 bits per heavy atom. The van der Waals surface area contributed by atoms with Gasteiger partial charge >= 0.3 is 0 Å². The van der Waals surface area contributed by atoms with Gasteiger partial charge in [-0.15, -0.1) is 0 Å². The van der Waals surface area contributed by atoms with Crippen LogP contribution < -0.4 is 4.74 Å². The van der Waals surface area contributed by atoms with Crippen molar-refractivity contribution in [2.24, 2.45) is 5.41 Å². The van der Waals surface area contributed by atoms with Gasteiger partial charge in [0.25, 0.3) is 0 Å². The van der Waals surface area contributed by atoms with E-state index in [4.69, 9.17) is 9.47 Å². The summed E-state index contributed by atoms with van der Waals surface area (Å²) in [5.74, 6) is 0.946. The second-order valence-electron chi connectivity index (χ2n) is 5.49. The van der Waals surface area contributed by atoms with Crippen molar-refractivity contribution in [1.82, 2.24) is 4.90 Å². The minimum Gasteiger partial charge on any atom is -0.497 e. The third kappa shape index (κ3) is 2.59. The van der Waals surface area contributed by atoms with E-state index in [1.54, 1.807) is 14.2 Å². The van der Waals surface area contributed by atoms with Crippen LogP contribution in [0.15, 0.2) is 24.3 Å². The minimum absolute atomic E-state index is 0.148. The molecule has 0 saturated carbocycles. The van der Waals surface area contributed by atoms with E-state index in [0.29, 0.717) is 0 Å². The number of hydrogen-bond acceptors (Lipinski definition) is 3. The van der Waals surface area contributed by atoms with E-state index in [1.165, 1.54) is 0 Å². The van der Waals surface area contributed by atoms with Crippen molar-refractivity contribution in [2.45, 2.75) is 26.5 Å². The van der Waals surface area contributed by atoms with Gasteiger partial charge in [0.2, 0.25) is 5.91 Å². The summed E-state index contributed by atoms with van der Waals surface area (Å²) >= 11 is 0. The molecule has 0 bridgehead atoms. The molecule has 1 heterocycles. The number of hydrogen-bond donors (Lipinski definition) is 0. The molecule has 0 radical (unpaired) electrons.